The van der Waals surface area contributed by atoms with Gasteiger partial charge in [-0.2, -0.15) is 15.0 Å². The molecule has 0 bridgehead atoms. The number of hydrogen-bond donors (Lipinski definition) is 1. The molecule has 4 rings (SSSR count). The van der Waals surface area contributed by atoms with Crippen LogP contribution in [0.2, 0.25) is 10.0 Å². The molecule has 4 aromatic rings. The maximum atomic E-state index is 13.1. The fraction of sp³-hybridized carbons (Fsp3) is 0.167. The lowest BCUT2D eigenvalue weighted by atomic mass is 10.1. The summed E-state index contributed by atoms with van der Waals surface area (Å²) in [5.74, 6) is -0.223. The molecule has 0 spiro atoms. The van der Waals surface area contributed by atoms with Gasteiger partial charge in [-0.1, -0.05) is 71.7 Å². The second-order valence-corrected chi connectivity index (χ2v) is 7.96. The molecule has 1 aromatic heterocycles. The normalized spacial score (nSPS) is 11.1. The van der Waals surface area contributed by atoms with Crippen LogP contribution in [0.4, 0.5) is 4.39 Å². The van der Waals surface area contributed by atoms with Gasteiger partial charge in [0, 0.05) is 27.7 Å². The van der Waals surface area contributed by atoms with Crippen molar-refractivity contribution in [1.82, 2.24) is 20.3 Å². The van der Waals surface area contributed by atoms with Gasteiger partial charge < -0.3 is 5.32 Å². The molecule has 0 aliphatic rings. The Morgan fingerprint density at radius 1 is 0.839 bits per heavy atom. The Hall–Kier alpha value is -2.73. The largest absolute Gasteiger partial charge is 0.311 e. The van der Waals surface area contributed by atoms with E-state index in [1.165, 1.54) is 12.1 Å². The second kappa shape index (κ2) is 10.1. The van der Waals surface area contributed by atoms with Gasteiger partial charge in [-0.05, 0) is 42.8 Å². The summed E-state index contributed by atoms with van der Waals surface area (Å²) < 4.78 is 13.1. The summed E-state index contributed by atoms with van der Waals surface area (Å²) in [5, 5.41) is 14.0. The van der Waals surface area contributed by atoms with Crippen LogP contribution in [-0.2, 0) is 19.5 Å². The SMILES string of the molecule is Fc1ccc(CCNCc2nn(Cc3c(Cl)cccc3Cl)nc2-c2ccccc2)cc1. The van der Waals surface area contributed by atoms with E-state index in [4.69, 9.17) is 33.4 Å². The van der Waals surface area contributed by atoms with E-state index >= 15 is 0 Å². The minimum atomic E-state index is -0.223. The third-order valence-corrected chi connectivity index (χ3v) is 5.64. The first kappa shape index (κ1) is 21.5. The van der Waals surface area contributed by atoms with Gasteiger partial charge in [0.25, 0.3) is 0 Å². The van der Waals surface area contributed by atoms with Crippen molar-refractivity contribution in [3.05, 3.63) is 105 Å². The Labute approximate surface area is 190 Å². The highest BCUT2D eigenvalue weighted by Crippen LogP contribution is 2.26. The van der Waals surface area contributed by atoms with Crippen LogP contribution < -0.4 is 5.32 Å². The van der Waals surface area contributed by atoms with Crippen molar-refractivity contribution in [2.45, 2.75) is 19.5 Å². The number of halogens is 3. The number of aromatic nitrogens is 3. The number of nitrogens with one attached hydrogen (secondary N) is 1. The summed E-state index contributed by atoms with van der Waals surface area (Å²) in [6.07, 6.45) is 0.796. The summed E-state index contributed by atoms with van der Waals surface area (Å²) in [6.45, 7) is 1.68. The standard InChI is InChI=1S/C24H21Cl2FN4/c25-21-7-4-8-22(26)20(21)16-31-29-23(24(30-31)18-5-2-1-3-6-18)15-28-14-13-17-9-11-19(27)12-10-17/h1-12,28H,13-16H2. The number of benzene rings is 3. The summed E-state index contributed by atoms with van der Waals surface area (Å²) in [5.41, 5.74) is 4.52. The molecule has 0 aliphatic carbocycles. The number of nitrogens with zero attached hydrogens (tertiary/aromatic N) is 3. The van der Waals surface area contributed by atoms with Gasteiger partial charge in [-0.3, -0.25) is 0 Å². The first-order valence-electron chi connectivity index (χ1n) is 9.97. The lowest BCUT2D eigenvalue weighted by Crippen LogP contribution is -2.17. The quantitative estimate of drug-likeness (QED) is 0.343. The van der Waals surface area contributed by atoms with Crippen molar-refractivity contribution >= 4 is 23.2 Å². The van der Waals surface area contributed by atoms with Crippen LogP contribution in [0.3, 0.4) is 0 Å². The number of rotatable bonds is 8. The predicted molar refractivity (Wildman–Crippen MR) is 123 cm³/mol. The van der Waals surface area contributed by atoms with E-state index in [0.717, 1.165) is 41.0 Å². The molecule has 158 valence electrons. The summed E-state index contributed by atoms with van der Waals surface area (Å²) in [7, 11) is 0. The van der Waals surface area contributed by atoms with E-state index in [1.54, 1.807) is 16.9 Å². The van der Waals surface area contributed by atoms with Gasteiger partial charge in [0.2, 0.25) is 0 Å². The van der Waals surface area contributed by atoms with Crippen molar-refractivity contribution in [1.29, 1.82) is 0 Å². The maximum absolute atomic E-state index is 13.1. The van der Waals surface area contributed by atoms with Crippen molar-refractivity contribution in [3.8, 4) is 11.3 Å². The van der Waals surface area contributed by atoms with Crippen LogP contribution in [0.5, 0.6) is 0 Å². The Morgan fingerprint density at radius 3 is 2.26 bits per heavy atom. The predicted octanol–water partition coefficient (Wildman–Crippen LogP) is 5.77. The average molecular weight is 455 g/mol. The third kappa shape index (κ3) is 5.50. The van der Waals surface area contributed by atoms with Crippen LogP contribution in [-0.4, -0.2) is 21.5 Å². The zero-order valence-corrected chi connectivity index (χ0v) is 18.2. The molecule has 0 unspecified atom stereocenters. The molecule has 0 atom stereocenters. The molecule has 0 radical (unpaired) electrons. The first-order chi connectivity index (χ1) is 15.1. The molecule has 0 aliphatic heterocycles. The van der Waals surface area contributed by atoms with Gasteiger partial charge >= 0.3 is 0 Å². The highest BCUT2D eigenvalue weighted by atomic mass is 35.5. The zero-order valence-electron chi connectivity index (χ0n) is 16.7. The van der Waals surface area contributed by atoms with Crippen LogP contribution in [0.1, 0.15) is 16.8 Å². The second-order valence-electron chi connectivity index (χ2n) is 7.15. The molecule has 0 saturated carbocycles. The zero-order chi connectivity index (χ0) is 21.6. The van der Waals surface area contributed by atoms with E-state index in [0.29, 0.717) is 23.1 Å². The fourth-order valence-corrected chi connectivity index (χ4v) is 3.82. The monoisotopic (exact) mass is 454 g/mol. The fourth-order valence-electron chi connectivity index (χ4n) is 3.31. The summed E-state index contributed by atoms with van der Waals surface area (Å²) >= 11 is 12.6. The van der Waals surface area contributed by atoms with Gasteiger partial charge in [-0.15, -0.1) is 0 Å². The third-order valence-electron chi connectivity index (χ3n) is 4.93. The lowest BCUT2D eigenvalue weighted by Gasteiger charge is -2.06. The molecule has 31 heavy (non-hydrogen) atoms. The van der Waals surface area contributed by atoms with Gasteiger partial charge in [-0.25, -0.2) is 4.39 Å². The molecule has 3 aromatic carbocycles. The highest BCUT2D eigenvalue weighted by molar-refractivity contribution is 6.35. The summed E-state index contributed by atoms with van der Waals surface area (Å²) in [4.78, 5) is 1.63. The van der Waals surface area contributed by atoms with Crippen LogP contribution in [0, 0.1) is 5.82 Å². The van der Waals surface area contributed by atoms with Crippen LogP contribution in [0.25, 0.3) is 11.3 Å². The smallest absolute Gasteiger partial charge is 0.123 e. The highest BCUT2D eigenvalue weighted by Gasteiger charge is 2.15. The molecule has 1 N–H and O–H groups in total. The Kier molecular flexibility index (Phi) is 6.97. The summed E-state index contributed by atoms with van der Waals surface area (Å²) in [6, 6.07) is 21.9. The van der Waals surface area contributed by atoms with E-state index in [9.17, 15) is 4.39 Å². The minimum Gasteiger partial charge on any atom is -0.311 e. The van der Waals surface area contributed by atoms with Gasteiger partial charge in [0.05, 0.1) is 6.54 Å². The topological polar surface area (TPSA) is 42.7 Å². The van der Waals surface area contributed by atoms with Crippen LogP contribution >= 0.6 is 23.2 Å². The first-order valence-corrected chi connectivity index (χ1v) is 10.7. The van der Waals surface area contributed by atoms with Gasteiger partial charge in [0.15, 0.2) is 0 Å². The Morgan fingerprint density at radius 2 is 1.55 bits per heavy atom. The van der Waals surface area contributed by atoms with E-state index < -0.39 is 0 Å². The molecule has 0 saturated heterocycles. The van der Waals surface area contributed by atoms with Gasteiger partial charge in [0.1, 0.15) is 17.2 Å². The molecular weight excluding hydrogens is 434 g/mol. The van der Waals surface area contributed by atoms with E-state index in [2.05, 4.69) is 5.32 Å². The Bertz CT molecular complexity index is 1120. The molecule has 0 amide bonds. The van der Waals surface area contributed by atoms with Crippen LogP contribution in [0.15, 0.2) is 72.8 Å². The van der Waals surface area contributed by atoms with Crippen molar-refractivity contribution in [2.75, 3.05) is 6.54 Å². The number of hydrogen-bond acceptors (Lipinski definition) is 3. The van der Waals surface area contributed by atoms with Crippen molar-refractivity contribution < 1.29 is 4.39 Å². The van der Waals surface area contributed by atoms with E-state index in [1.807, 2.05) is 48.5 Å². The lowest BCUT2D eigenvalue weighted by molar-refractivity contribution is 0.577. The molecule has 0 fully saturated rings. The molecule has 4 nitrogen and oxygen atoms in total. The van der Waals surface area contributed by atoms with E-state index in [-0.39, 0.29) is 5.82 Å². The molecular formula is C24H21Cl2FN4. The Balaban J connectivity index is 1.50. The molecule has 7 heteroatoms. The minimum absolute atomic E-state index is 0.223. The molecule has 1 heterocycles. The maximum Gasteiger partial charge on any atom is 0.123 e. The average Bonchev–Trinajstić information content (AvgIpc) is 3.18. The van der Waals surface area contributed by atoms with Crippen molar-refractivity contribution in [3.63, 3.8) is 0 Å². The van der Waals surface area contributed by atoms with Crippen molar-refractivity contribution in [2.24, 2.45) is 0 Å².